The molecule has 6 heteroatoms. The maximum atomic E-state index is 11.7. The van der Waals surface area contributed by atoms with Crippen LogP contribution in [-0.4, -0.2) is 24.7 Å². The molecule has 1 aromatic rings. The lowest BCUT2D eigenvalue weighted by Crippen LogP contribution is -2.37. The van der Waals surface area contributed by atoms with Gasteiger partial charge in [-0.2, -0.15) is 0 Å². The number of aromatic hydroxyl groups is 1. The van der Waals surface area contributed by atoms with Crippen LogP contribution in [0.1, 0.15) is 6.92 Å². The van der Waals surface area contributed by atoms with Crippen molar-refractivity contribution in [1.29, 1.82) is 0 Å². The summed E-state index contributed by atoms with van der Waals surface area (Å²) < 4.78 is 23.3. The summed E-state index contributed by atoms with van der Waals surface area (Å²) >= 11 is 0. The fourth-order valence-electron chi connectivity index (χ4n) is 1.50. The van der Waals surface area contributed by atoms with Crippen LogP contribution >= 0.6 is 0 Å². The molecule has 0 radical (unpaired) electrons. The van der Waals surface area contributed by atoms with E-state index in [-0.39, 0.29) is 16.3 Å². The van der Waals surface area contributed by atoms with Crippen LogP contribution in [-0.2, 0) is 14.6 Å². The quantitative estimate of drug-likeness (QED) is 0.674. The molecule has 0 aromatic heterocycles. The Morgan fingerprint density at radius 3 is 2.73 bits per heavy atom. The Hall–Kier alpha value is -1.56. The third-order valence-corrected chi connectivity index (χ3v) is 4.06. The first-order valence-electron chi connectivity index (χ1n) is 4.31. The van der Waals surface area contributed by atoms with Gasteiger partial charge < -0.3 is 10.4 Å². The Labute approximate surface area is 86.7 Å². The number of anilines is 1. The fraction of sp³-hybridized carbons (Fsp3) is 0.222. The van der Waals surface area contributed by atoms with Crippen molar-refractivity contribution >= 4 is 20.6 Å². The first-order valence-corrected chi connectivity index (χ1v) is 5.80. The molecule has 0 fully saturated rings. The Bertz CT molecular complexity index is 535. The van der Waals surface area contributed by atoms with E-state index in [1.54, 1.807) is 0 Å². The molecule has 0 saturated carbocycles. The molecule has 1 aromatic carbocycles. The second kappa shape index (κ2) is 2.96. The lowest BCUT2D eigenvalue weighted by molar-refractivity contribution is -0.112. The molecule has 5 nitrogen and oxygen atoms in total. The summed E-state index contributed by atoms with van der Waals surface area (Å²) in [6.07, 6.45) is 0. The molecule has 0 amide bonds. The summed E-state index contributed by atoms with van der Waals surface area (Å²) in [5.74, 6) is -0.0435. The normalized spacial score (nSPS) is 23.0. The van der Waals surface area contributed by atoms with E-state index in [4.69, 9.17) is 0 Å². The Kier molecular flexibility index (Phi) is 1.97. The highest BCUT2D eigenvalue weighted by Crippen LogP contribution is 2.31. The number of hydrogen-bond acceptors (Lipinski definition) is 5. The average molecular weight is 227 g/mol. The highest BCUT2D eigenvalue weighted by atomic mass is 32.2. The van der Waals surface area contributed by atoms with Gasteiger partial charge in [0.15, 0.2) is 0 Å². The molecule has 0 aliphatic carbocycles. The second-order valence-electron chi connectivity index (χ2n) is 3.37. The van der Waals surface area contributed by atoms with Crippen molar-refractivity contribution in [2.45, 2.75) is 17.9 Å². The van der Waals surface area contributed by atoms with Crippen LogP contribution in [0.4, 0.5) is 5.69 Å². The predicted octanol–water partition coefficient (Wildman–Crippen LogP) is 0.506. The van der Waals surface area contributed by atoms with Crippen molar-refractivity contribution < 1.29 is 18.3 Å². The number of fused-ring (bicyclic) bond motifs is 1. The minimum atomic E-state index is -3.90. The van der Waals surface area contributed by atoms with E-state index in [1.807, 2.05) is 0 Å². The molecular formula is C9H9NO4S. The van der Waals surface area contributed by atoms with Gasteiger partial charge in [-0.25, -0.2) is 8.42 Å². The summed E-state index contributed by atoms with van der Waals surface area (Å²) in [7, 11) is -3.90. The van der Waals surface area contributed by atoms with Gasteiger partial charge in [-0.05, 0) is 19.1 Å². The lowest BCUT2D eigenvalue weighted by atomic mass is 10.2. The zero-order valence-corrected chi connectivity index (χ0v) is 8.71. The van der Waals surface area contributed by atoms with E-state index in [9.17, 15) is 18.3 Å². The van der Waals surface area contributed by atoms with Gasteiger partial charge >= 0.3 is 0 Å². The smallest absolute Gasteiger partial charge is 0.272 e. The van der Waals surface area contributed by atoms with Crippen LogP contribution in [0.3, 0.4) is 0 Å². The number of nitrogens with one attached hydrogen (secondary N) is 1. The topological polar surface area (TPSA) is 83.5 Å². The van der Waals surface area contributed by atoms with Gasteiger partial charge in [0.1, 0.15) is 5.75 Å². The molecule has 0 bridgehead atoms. The second-order valence-corrected chi connectivity index (χ2v) is 5.22. The van der Waals surface area contributed by atoms with Crippen LogP contribution in [0.2, 0.25) is 0 Å². The van der Waals surface area contributed by atoms with Crippen molar-refractivity contribution in [1.82, 2.24) is 0 Å². The van der Waals surface area contributed by atoms with E-state index in [2.05, 4.69) is 5.32 Å². The van der Waals surface area contributed by atoms with E-state index in [0.717, 1.165) is 0 Å². The third-order valence-electron chi connectivity index (χ3n) is 2.24. The maximum Gasteiger partial charge on any atom is 0.272 e. The van der Waals surface area contributed by atoms with Gasteiger partial charge in [0, 0.05) is 6.07 Å². The maximum absolute atomic E-state index is 11.7. The third kappa shape index (κ3) is 1.37. The fourth-order valence-corrected chi connectivity index (χ4v) is 2.89. The van der Waals surface area contributed by atoms with E-state index in [0.29, 0.717) is 0 Å². The largest absolute Gasteiger partial charge is 0.508 e. The molecular weight excluding hydrogens is 218 g/mol. The van der Waals surface area contributed by atoms with Crippen molar-refractivity contribution in [2.24, 2.45) is 0 Å². The Morgan fingerprint density at radius 2 is 2.07 bits per heavy atom. The van der Waals surface area contributed by atoms with Crippen LogP contribution in [0.5, 0.6) is 5.75 Å². The van der Waals surface area contributed by atoms with Crippen molar-refractivity contribution in [3.63, 3.8) is 0 Å². The molecule has 80 valence electrons. The molecule has 1 heterocycles. The average Bonchev–Trinajstić information content (AvgIpc) is 2.14. The standard InChI is InChI=1S/C9H9NO4S/c1-5-9(12)15(13,14)8-3-2-6(11)4-7(8)10-5/h2-5,10-11H,1H3. The summed E-state index contributed by atoms with van der Waals surface area (Å²) in [6, 6.07) is 2.96. The van der Waals surface area contributed by atoms with Crippen LogP contribution in [0, 0.1) is 0 Å². The molecule has 0 saturated heterocycles. The van der Waals surface area contributed by atoms with Crippen molar-refractivity contribution in [3.05, 3.63) is 18.2 Å². The van der Waals surface area contributed by atoms with Crippen LogP contribution in [0.15, 0.2) is 23.1 Å². The highest BCUT2D eigenvalue weighted by molar-refractivity contribution is 8.06. The zero-order chi connectivity index (χ0) is 11.2. The summed E-state index contributed by atoms with van der Waals surface area (Å²) in [4.78, 5) is 11.3. The Morgan fingerprint density at radius 1 is 1.40 bits per heavy atom. The zero-order valence-electron chi connectivity index (χ0n) is 7.89. The predicted molar refractivity (Wildman–Crippen MR) is 53.4 cm³/mol. The van der Waals surface area contributed by atoms with Crippen LogP contribution in [0.25, 0.3) is 0 Å². The lowest BCUT2D eigenvalue weighted by Gasteiger charge is -2.22. The SMILES string of the molecule is CC1Nc2cc(O)ccc2S(=O)(=O)C1=O. The molecule has 1 atom stereocenters. The van der Waals surface area contributed by atoms with Crippen molar-refractivity contribution in [2.75, 3.05) is 5.32 Å². The number of phenols is 1. The van der Waals surface area contributed by atoms with Gasteiger partial charge in [0.2, 0.25) is 9.84 Å². The number of sulfone groups is 1. The summed E-state index contributed by atoms with van der Waals surface area (Å²) in [6.45, 7) is 1.47. The van der Waals surface area contributed by atoms with E-state index >= 15 is 0 Å². The highest BCUT2D eigenvalue weighted by Gasteiger charge is 2.36. The van der Waals surface area contributed by atoms with Gasteiger partial charge in [-0.15, -0.1) is 0 Å². The van der Waals surface area contributed by atoms with E-state index in [1.165, 1.54) is 25.1 Å². The van der Waals surface area contributed by atoms with Gasteiger partial charge in [-0.1, -0.05) is 0 Å². The number of carbonyl (C=O) groups is 1. The summed E-state index contributed by atoms with van der Waals surface area (Å²) in [5.41, 5.74) is 0.266. The van der Waals surface area contributed by atoms with Crippen molar-refractivity contribution in [3.8, 4) is 5.75 Å². The molecule has 2 N–H and O–H groups in total. The van der Waals surface area contributed by atoms with Gasteiger partial charge in [0.05, 0.1) is 16.6 Å². The number of benzene rings is 1. The first kappa shape index (κ1) is 9.97. The minimum absolute atomic E-state index is 0.0435. The Balaban J connectivity index is 2.72. The first-order chi connectivity index (χ1) is 6.93. The van der Waals surface area contributed by atoms with E-state index < -0.39 is 21.0 Å². The molecule has 1 aliphatic heterocycles. The summed E-state index contributed by atoms with van der Waals surface area (Å²) in [5, 5.41) is 11.1. The number of carbonyl (C=O) groups excluding carboxylic acids is 1. The molecule has 1 aliphatic rings. The number of rotatable bonds is 0. The van der Waals surface area contributed by atoms with Gasteiger partial charge in [0.25, 0.3) is 5.12 Å². The molecule has 2 rings (SSSR count). The number of hydrogen-bond donors (Lipinski definition) is 2. The molecule has 0 spiro atoms. The molecule has 15 heavy (non-hydrogen) atoms. The minimum Gasteiger partial charge on any atom is -0.508 e. The number of phenolic OH excluding ortho intramolecular Hbond substituents is 1. The van der Waals surface area contributed by atoms with Gasteiger partial charge in [-0.3, -0.25) is 4.79 Å². The van der Waals surface area contributed by atoms with Crippen LogP contribution < -0.4 is 5.32 Å². The molecule has 1 unspecified atom stereocenters. The monoisotopic (exact) mass is 227 g/mol.